The summed E-state index contributed by atoms with van der Waals surface area (Å²) in [5, 5.41) is 5.05. The van der Waals surface area contributed by atoms with E-state index in [0.717, 1.165) is 17.1 Å². The van der Waals surface area contributed by atoms with Gasteiger partial charge in [0.05, 0.1) is 0 Å². The molecule has 0 radical (unpaired) electrons. The number of hydrogen-bond donors (Lipinski definition) is 0. The quantitative estimate of drug-likeness (QED) is 0.154. The van der Waals surface area contributed by atoms with Crippen LogP contribution < -0.4 is 4.90 Å². The molecule has 1 heteroatoms. The summed E-state index contributed by atoms with van der Waals surface area (Å²) in [5.74, 6) is 0. The number of aryl methyl sites for hydroxylation is 2. The summed E-state index contributed by atoms with van der Waals surface area (Å²) in [7, 11) is 0. The molecule has 71 heavy (non-hydrogen) atoms. The molecule has 0 bridgehead atoms. The normalized spacial score (nSPS) is 13.7. The zero-order chi connectivity index (χ0) is 48.2. The fourth-order valence-electron chi connectivity index (χ4n) is 11.8. The molecule has 0 aromatic heterocycles. The summed E-state index contributed by atoms with van der Waals surface area (Å²) in [6.07, 6.45) is 0. The van der Waals surface area contributed by atoms with Gasteiger partial charge in [0, 0.05) is 27.9 Å². The number of anilines is 3. The maximum Gasteiger partial charge on any atom is 0.0467 e. The van der Waals surface area contributed by atoms with E-state index in [9.17, 15) is 0 Å². The number of fused-ring (bicyclic) bond motifs is 8. The van der Waals surface area contributed by atoms with Crippen molar-refractivity contribution in [3.05, 3.63) is 258 Å². The molecule has 2 aliphatic rings. The highest BCUT2D eigenvalue weighted by atomic mass is 15.1. The molecule has 1 nitrogen and oxygen atoms in total. The Morgan fingerprint density at radius 2 is 0.577 bits per heavy atom. The Morgan fingerprint density at radius 1 is 0.254 bits per heavy atom. The van der Waals surface area contributed by atoms with Gasteiger partial charge in [0.2, 0.25) is 0 Å². The van der Waals surface area contributed by atoms with E-state index >= 15 is 0 Å². The fraction of sp³-hybridized carbons (Fsp3) is 0.114. The lowest BCUT2D eigenvalue weighted by Crippen LogP contribution is -2.15. The first-order valence-electron chi connectivity index (χ1n) is 25.1. The van der Waals surface area contributed by atoms with Crippen LogP contribution in [0.5, 0.6) is 0 Å². The molecule has 0 atom stereocenters. The number of benzene rings is 11. The van der Waals surface area contributed by atoms with Gasteiger partial charge in [-0.15, -0.1) is 0 Å². The molecule has 0 aliphatic heterocycles. The average molecular weight is 910 g/mol. The molecule has 0 N–H and O–H groups in total. The molecule has 13 rings (SSSR count). The largest absolute Gasteiger partial charge is 0.310 e. The van der Waals surface area contributed by atoms with E-state index in [1.165, 1.54) is 122 Å². The highest BCUT2D eigenvalue weighted by Crippen LogP contribution is 2.53. The van der Waals surface area contributed by atoms with E-state index in [0.29, 0.717) is 0 Å². The summed E-state index contributed by atoms with van der Waals surface area (Å²) >= 11 is 0. The molecule has 0 fully saturated rings. The Morgan fingerprint density at radius 3 is 0.986 bits per heavy atom. The molecule has 0 unspecified atom stereocenters. The van der Waals surface area contributed by atoms with E-state index < -0.39 is 0 Å². The van der Waals surface area contributed by atoms with Crippen LogP contribution in [0.2, 0.25) is 0 Å². The molecule has 0 saturated carbocycles. The molecule has 2 aliphatic carbocycles. The Hall–Kier alpha value is -8.26. The van der Waals surface area contributed by atoms with Gasteiger partial charge >= 0.3 is 0 Å². The van der Waals surface area contributed by atoms with Crippen molar-refractivity contribution in [2.75, 3.05) is 4.90 Å². The van der Waals surface area contributed by atoms with Crippen molar-refractivity contribution in [3.63, 3.8) is 0 Å². The lowest BCUT2D eigenvalue weighted by molar-refractivity contribution is 0.660. The van der Waals surface area contributed by atoms with Crippen molar-refractivity contribution in [2.24, 2.45) is 0 Å². The van der Waals surface area contributed by atoms with Gasteiger partial charge in [0.1, 0.15) is 0 Å². The van der Waals surface area contributed by atoms with Crippen LogP contribution in [0.3, 0.4) is 0 Å². The van der Waals surface area contributed by atoms with E-state index in [2.05, 4.69) is 271 Å². The Kier molecular flexibility index (Phi) is 9.74. The van der Waals surface area contributed by atoms with Crippen LogP contribution in [0.1, 0.15) is 61.1 Å². The zero-order valence-corrected chi connectivity index (χ0v) is 41.3. The van der Waals surface area contributed by atoms with Gasteiger partial charge < -0.3 is 4.90 Å². The standard InChI is InChI=1S/C70H55N/c1-44-14-28-58(29-15-44)71(59-30-16-45(2)17-31-59)60-13-9-12-48(39-60)54-24-32-61-63-34-26-56(42-67(63)69(3,4)65(61)40-54)57-27-35-64-62-33-25-55(41-66(62)70(5,6)68(64)43-57)53-23-22-51-37-50(20-21-52(51)38-53)49-19-18-46-10-7-8-11-47(46)36-49/h7-43H,1-6H3. The average Bonchev–Trinajstić information content (AvgIpc) is 3.77. The number of nitrogens with zero attached hydrogens (tertiary/aromatic N) is 1. The Balaban J connectivity index is 0.780. The molecule has 11 aromatic carbocycles. The van der Waals surface area contributed by atoms with Crippen molar-refractivity contribution in [1.82, 2.24) is 0 Å². The third kappa shape index (κ3) is 7.13. The van der Waals surface area contributed by atoms with Crippen LogP contribution in [-0.2, 0) is 10.8 Å². The van der Waals surface area contributed by atoms with Gasteiger partial charge in [0.25, 0.3) is 0 Å². The van der Waals surface area contributed by atoms with E-state index in [4.69, 9.17) is 0 Å². The van der Waals surface area contributed by atoms with Crippen LogP contribution in [0.4, 0.5) is 17.1 Å². The smallest absolute Gasteiger partial charge is 0.0467 e. The fourth-order valence-corrected chi connectivity index (χ4v) is 11.8. The van der Waals surface area contributed by atoms with Crippen molar-refractivity contribution >= 4 is 38.6 Å². The van der Waals surface area contributed by atoms with Gasteiger partial charge in [-0.25, -0.2) is 0 Å². The first kappa shape index (κ1) is 42.8. The molecule has 0 heterocycles. The minimum absolute atomic E-state index is 0.153. The molecule has 0 amide bonds. The van der Waals surface area contributed by atoms with Gasteiger partial charge in [-0.2, -0.15) is 0 Å². The van der Waals surface area contributed by atoms with Crippen LogP contribution in [-0.4, -0.2) is 0 Å². The molecule has 0 saturated heterocycles. The minimum Gasteiger partial charge on any atom is -0.310 e. The molecule has 0 spiro atoms. The van der Waals surface area contributed by atoms with Crippen LogP contribution in [0.25, 0.3) is 88.3 Å². The van der Waals surface area contributed by atoms with Crippen molar-refractivity contribution in [3.8, 4) is 66.8 Å². The topological polar surface area (TPSA) is 3.24 Å². The van der Waals surface area contributed by atoms with Crippen molar-refractivity contribution in [2.45, 2.75) is 52.4 Å². The molecular formula is C70H55N. The van der Waals surface area contributed by atoms with Crippen molar-refractivity contribution in [1.29, 1.82) is 0 Å². The van der Waals surface area contributed by atoms with Gasteiger partial charge in [0.15, 0.2) is 0 Å². The second-order valence-electron chi connectivity index (χ2n) is 21.2. The van der Waals surface area contributed by atoms with Crippen LogP contribution in [0.15, 0.2) is 224 Å². The Labute approximate surface area is 418 Å². The van der Waals surface area contributed by atoms with Gasteiger partial charge in [-0.1, -0.05) is 184 Å². The first-order valence-corrected chi connectivity index (χ1v) is 25.1. The predicted octanol–water partition coefficient (Wildman–Crippen LogP) is 19.4. The highest BCUT2D eigenvalue weighted by molar-refractivity contribution is 5.95. The van der Waals surface area contributed by atoms with E-state index in [1.807, 2.05) is 0 Å². The lowest BCUT2D eigenvalue weighted by atomic mass is 9.79. The molecular weight excluding hydrogens is 855 g/mol. The Bertz CT molecular complexity index is 3890. The summed E-state index contributed by atoms with van der Waals surface area (Å²) in [4.78, 5) is 2.36. The maximum atomic E-state index is 2.47. The highest BCUT2D eigenvalue weighted by Gasteiger charge is 2.38. The van der Waals surface area contributed by atoms with Crippen molar-refractivity contribution < 1.29 is 0 Å². The van der Waals surface area contributed by atoms with Crippen LogP contribution >= 0.6 is 0 Å². The lowest BCUT2D eigenvalue weighted by Gasteiger charge is -2.26. The second kappa shape index (κ2) is 16.2. The zero-order valence-electron chi connectivity index (χ0n) is 41.3. The minimum atomic E-state index is -0.172. The second-order valence-corrected chi connectivity index (χ2v) is 21.2. The van der Waals surface area contributed by atoms with Gasteiger partial charge in [-0.05, 0) is 203 Å². The number of hydrogen-bond acceptors (Lipinski definition) is 1. The third-order valence-electron chi connectivity index (χ3n) is 16.0. The summed E-state index contributed by atoms with van der Waals surface area (Å²) in [6, 6.07) is 84.4. The SMILES string of the molecule is Cc1ccc(N(c2ccc(C)cc2)c2cccc(-c3ccc4c(c3)C(C)(C)c3cc(-c5ccc6c(c5)C(C)(C)c5cc(-c7ccc8cc(-c9ccc%10ccccc%10c9)ccc8c7)ccc5-6)ccc3-4)c2)cc1. The van der Waals surface area contributed by atoms with E-state index in [1.54, 1.807) is 0 Å². The number of rotatable bonds is 7. The third-order valence-corrected chi connectivity index (χ3v) is 16.0. The van der Waals surface area contributed by atoms with Crippen LogP contribution in [0, 0.1) is 13.8 Å². The summed E-state index contributed by atoms with van der Waals surface area (Å²) in [6.45, 7) is 13.9. The van der Waals surface area contributed by atoms with Gasteiger partial charge in [-0.3, -0.25) is 0 Å². The monoisotopic (exact) mass is 909 g/mol. The first-order chi connectivity index (χ1) is 34.5. The maximum absolute atomic E-state index is 2.47. The summed E-state index contributed by atoms with van der Waals surface area (Å²) < 4.78 is 0. The predicted molar refractivity (Wildman–Crippen MR) is 302 cm³/mol. The molecule has 11 aromatic rings. The summed E-state index contributed by atoms with van der Waals surface area (Å²) in [5.41, 5.74) is 26.5. The van der Waals surface area contributed by atoms with E-state index in [-0.39, 0.29) is 10.8 Å². The molecule has 340 valence electrons.